The number of fused-ring (bicyclic) bond motifs is 5. The van der Waals surface area contributed by atoms with Crippen molar-refractivity contribution in [2.24, 2.45) is 0 Å². The number of nitrogens with zero attached hydrogens (tertiary/aromatic N) is 2. The number of hydrogen-bond donors (Lipinski definition) is 0. The van der Waals surface area contributed by atoms with Crippen LogP contribution in [0.2, 0.25) is 0 Å². The molecule has 0 aliphatic rings. The van der Waals surface area contributed by atoms with Crippen molar-refractivity contribution in [3.63, 3.8) is 0 Å². The Bertz CT molecular complexity index is 3650. The van der Waals surface area contributed by atoms with Gasteiger partial charge in [0.2, 0.25) is 0 Å². The lowest BCUT2D eigenvalue weighted by Crippen LogP contribution is -2.11. The lowest BCUT2D eigenvalue weighted by atomic mass is 9.94. The minimum atomic E-state index is 0.867. The molecule has 1 heterocycles. The van der Waals surface area contributed by atoms with Crippen LogP contribution in [0.15, 0.2) is 259 Å². The summed E-state index contributed by atoms with van der Waals surface area (Å²) in [6, 6.07) is 91.4. The van der Waals surface area contributed by atoms with Crippen molar-refractivity contribution in [3.8, 4) is 33.4 Å². The minimum Gasteiger partial charge on any atom is -0.456 e. The molecular formula is C62H42N2O. The predicted octanol–water partition coefficient (Wildman–Crippen LogP) is 17.8. The van der Waals surface area contributed by atoms with Gasteiger partial charge in [-0.3, -0.25) is 0 Å². The van der Waals surface area contributed by atoms with Crippen LogP contribution in [0.1, 0.15) is 0 Å². The van der Waals surface area contributed by atoms with Crippen LogP contribution in [-0.2, 0) is 0 Å². The zero-order chi connectivity index (χ0) is 43.1. The number of hydrogen-bond acceptors (Lipinski definition) is 3. The van der Waals surface area contributed by atoms with Gasteiger partial charge in [-0.05, 0) is 111 Å². The van der Waals surface area contributed by atoms with Crippen molar-refractivity contribution < 1.29 is 4.42 Å². The summed E-state index contributed by atoms with van der Waals surface area (Å²) in [6.45, 7) is 0. The van der Waals surface area contributed by atoms with Crippen molar-refractivity contribution in [1.82, 2.24) is 0 Å². The SMILES string of the molecule is c1ccc(-c2c(N(c3ccc(-c4ccc(-c5ccccc5N(c5ccccc5)c5cccc6oc7ccccc7c56)cc4)cc3)c3ccc4ccccc4c3)ccc3ccccc23)cc1. The van der Waals surface area contributed by atoms with E-state index in [4.69, 9.17) is 4.42 Å². The highest BCUT2D eigenvalue weighted by atomic mass is 16.3. The summed E-state index contributed by atoms with van der Waals surface area (Å²) in [4.78, 5) is 4.78. The van der Waals surface area contributed by atoms with Gasteiger partial charge in [0.15, 0.2) is 0 Å². The van der Waals surface area contributed by atoms with Crippen LogP contribution < -0.4 is 9.80 Å². The van der Waals surface area contributed by atoms with Gasteiger partial charge in [-0.1, -0.05) is 188 Å². The molecule has 11 aromatic carbocycles. The molecule has 0 N–H and O–H groups in total. The molecule has 0 atom stereocenters. The molecule has 0 unspecified atom stereocenters. The normalized spacial score (nSPS) is 11.4. The Morgan fingerprint density at radius 2 is 0.831 bits per heavy atom. The van der Waals surface area contributed by atoms with Gasteiger partial charge in [-0.2, -0.15) is 0 Å². The molecule has 12 rings (SSSR count). The fraction of sp³-hybridized carbons (Fsp3) is 0. The Labute approximate surface area is 378 Å². The molecule has 306 valence electrons. The molecule has 12 aromatic rings. The van der Waals surface area contributed by atoms with Crippen LogP contribution in [0.4, 0.5) is 34.1 Å². The van der Waals surface area contributed by atoms with Crippen LogP contribution in [0.3, 0.4) is 0 Å². The molecule has 0 saturated carbocycles. The molecule has 3 heteroatoms. The molecule has 0 aliphatic heterocycles. The molecule has 0 fully saturated rings. The number of furan rings is 1. The predicted molar refractivity (Wildman–Crippen MR) is 274 cm³/mol. The molecule has 3 nitrogen and oxygen atoms in total. The second-order valence-corrected chi connectivity index (χ2v) is 16.5. The maximum atomic E-state index is 6.38. The highest BCUT2D eigenvalue weighted by Gasteiger charge is 2.23. The maximum Gasteiger partial charge on any atom is 0.137 e. The monoisotopic (exact) mass is 830 g/mol. The van der Waals surface area contributed by atoms with E-state index in [1.165, 1.54) is 32.7 Å². The molecule has 65 heavy (non-hydrogen) atoms. The molecule has 1 aromatic heterocycles. The molecule has 0 radical (unpaired) electrons. The first-order valence-electron chi connectivity index (χ1n) is 22.2. The van der Waals surface area contributed by atoms with E-state index in [1.54, 1.807) is 0 Å². The summed E-state index contributed by atoms with van der Waals surface area (Å²) >= 11 is 0. The lowest BCUT2D eigenvalue weighted by molar-refractivity contribution is 0.669. The van der Waals surface area contributed by atoms with Gasteiger partial charge in [0.1, 0.15) is 11.2 Å². The van der Waals surface area contributed by atoms with Gasteiger partial charge in [0.25, 0.3) is 0 Å². The molecular weight excluding hydrogens is 789 g/mol. The van der Waals surface area contributed by atoms with Crippen LogP contribution in [0, 0.1) is 0 Å². The average molecular weight is 831 g/mol. The van der Waals surface area contributed by atoms with Gasteiger partial charge < -0.3 is 14.2 Å². The smallest absolute Gasteiger partial charge is 0.137 e. The number of anilines is 6. The van der Waals surface area contributed by atoms with Crippen LogP contribution in [0.25, 0.3) is 76.9 Å². The first kappa shape index (κ1) is 38.0. The van der Waals surface area contributed by atoms with E-state index in [-0.39, 0.29) is 0 Å². The Morgan fingerprint density at radius 1 is 0.277 bits per heavy atom. The average Bonchev–Trinajstić information content (AvgIpc) is 3.77. The summed E-state index contributed by atoms with van der Waals surface area (Å²) in [7, 11) is 0. The van der Waals surface area contributed by atoms with Crippen LogP contribution in [-0.4, -0.2) is 0 Å². The summed E-state index contributed by atoms with van der Waals surface area (Å²) < 4.78 is 6.38. The fourth-order valence-electron chi connectivity index (χ4n) is 9.58. The summed E-state index contributed by atoms with van der Waals surface area (Å²) in [6.07, 6.45) is 0. The van der Waals surface area contributed by atoms with E-state index in [0.29, 0.717) is 0 Å². The zero-order valence-electron chi connectivity index (χ0n) is 35.6. The highest BCUT2D eigenvalue weighted by Crippen LogP contribution is 2.47. The van der Waals surface area contributed by atoms with Gasteiger partial charge in [0.05, 0.1) is 22.4 Å². The fourth-order valence-corrected chi connectivity index (χ4v) is 9.58. The standard InChI is InChI=1S/C62H42N2O/c1-3-18-48(19-4-1)61-54-24-10-9-17-46(54)37-41-58(61)63(52-40-36-43-16-7-8-20-49(43)42-52)51-38-34-45(35-39-51)44-30-32-47(33-31-44)53-23-11-13-26-56(53)64(50-21-5-2-6-22-50)57-27-15-29-60-62(57)55-25-12-14-28-59(55)65-60/h1-42H. The number of para-hydroxylation sites is 3. The van der Waals surface area contributed by atoms with Gasteiger partial charge in [0, 0.05) is 33.6 Å². The summed E-state index contributed by atoms with van der Waals surface area (Å²) in [5, 5.41) is 7.05. The third-order valence-electron chi connectivity index (χ3n) is 12.6. The van der Waals surface area contributed by atoms with E-state index < -0.39 is 0 Å². The van der Waals surface area contributed by atoms with Crippen LogP contribution in [0.5, 0.6) is 0 Å². The number of rotatable bonds is 9. The third kappa shape index (κ3) is 6.87. The van der Waals surface area contributed by atoms with E-state index in [2.05, 4.69) is 252 Å². The molecule has 0 spiro atoms. The number of benzene rings is 11. The minimum absolute atomic E-state index is 0.867. The topological polar surface area (TPSA) is 19.6 Å². The third-order valence-corrected chi connectivity index (χ3v) is 12.6. The van der Waals surface area contributed by atoms with E-state index in [0.717, 1.165) is 78.3 Å². The molecule has 0 saturated heterocycles. The second-order valence-electron chi connectivity index (χ2n) is 16.5. The van der Waals surface area contributed by atoms with Crippen molar-refractivity contribution in [1.29, 1.82) is 0 Å². The molecule has 0 aliphatic carbocycles. The van der Waals surface area contributed by atoms with Gasteiger partial charge in [-0.25, -0.2) is 0 Å². The van der Waals surface area contributed by atoms with Gasteiger partial charge in [-0.15, -0.1) is 0 Å². The molecule has 0 bridgehead atoms. The quantitative estimate of drug-likeness (QED) is 0.144. The second kappa shape index (κ2) is 16.2. The lowest BCUT2D eigenvalue weighted by Gasteiger charge is -2.29. The Hall–Kier alpha value is -8.66. The van der Waals surface area contributed by atoms with Crippen molar-refractivity contribution in [3.05, 3.63) is 255 Å². The first-order valence-corrected chi connectivity index (χ1v) is 22.2. The Kier molecular flexibility index (Phi) is 9.50. The zero-order valence-corrected chi connectivity index (χ0v) is 35.6. The highest BCUT2D eigenvalue weighted by molar-refractivity contribution is 6.14. The largest absolute Gasteiger partial charge is 0.456 e. The van der Waals surface area contributed by atoms with Crippen molar-refractivity contribution in [2.45, 2.75) is 0 Å². The van der Waals surface area contributed by atoms with Crippen molar-refractivity contribution >= 4 is 77.6 Å². The van der Waals surface area contributed by atoms with Gasteiger partial charge >= 0.3 is 0 Å². The van der Waals surface area contributed by atoms with Crippen molar-refractivity contribution in [2.75, 3.05) is 9.80 Å². The summed E-state index contributed by atoms with van der Waals surface area (Å²) in [5.41, 5.74) is 15.3. The van der Waals surface area contributed by atoms with Crippen LogP contribution >= 0.6 is 0 Å². The maximum absolute atomic E-state index is 6.38. The van der Waals surface area contributed by atoms with E-state index >= 15 is 0 Å². The Morgan fingerprint density at radius 3 is 1.63 bits per heavy atom. The summed E-state index contributed by atoms with van der Waals surface area (Å²) in [5.74, 6) is 0. The molecule has 0 amide bonds. The first-order chi connectivity index (χ1) is 32.2. The van der Waals surface area contributed by atoms with E-state index in [1.807, 2.05) is 12.1 Å². The Balaban J connectivity index is 0.939. The van der Waals surface area contributed by atoms with E-state index in [9.17, 15) is 0 Å².